The van der Waals surface area contributed by atoms with Gasteiger partial charge in [0.1, 0.15) is 11.6 Å². The van der Waals surface area contributed by atoms with Crippen LogP contribution in [0.25, 0.3) is 11.3 Å². The van der Waals surface area contributed by atoms with Crippen molar-refractivity contribution in [3.8, 4) is 17.0 Å². The molecule has 0 unspecified atom stereocenters. The minimum Gasteiger partial charge on any atom is -0.492 e. The fraction of sp³-hybridized carbons (Fsp3) is 0.520. The predicted octanol–water partition coefficient (Wildman–Crippen LogP) is 5.41. The van der Waals surface area contributed by atoms with Crippen molar-refractivity contribution < 1.29 is 35.9 Å². The maximum absolute atomic E-state index is 14.6. The van der Waals surface area contributed by atoms with Crippen molar-refractivity contribution in [2.24, 2.45) is 5.92 Å². The number of hydrogen-bond donors (Lipinski definition) is 0. The van der Waals surface area contributed by atoms with E-state index in [9.17, 15) is 31.1 Å². The first kappa shape index (κ1) is 26.2. The summed E-state index contributed by atoms with van der Waals surface area (Å²) in [4.78, 5) is 19.5. The summed E-state index contributed by atoms with van der Waals surface area (Å²) in [6.45, 7) is 0.500. The molecule has 5 nitrogen and oxygen atoms in total. The highest BCUT2D eigenvalue weighted by Gasteiger charge is 2.58. The molecule has 1 aromatic heterocycles. The molecule has 2 aromatic rings. The molecule has 3 heterocycles. The summed E-state index contributed by atoms with van der Waals surface area (Å²) in [6.07, 6.45) is -1.34. The van der Waals surface area contributed by atoms with E-state index < -0.39 is 24.5 Å². The molecule has 0 N–H and O–H groups in total. The van der Waals surface area contributed by atoms with Crippen LogP contribution in [0.4, 0.5) is 26.3 Å². The lowest BCUT2D eigenvalue weighted by Crippen LogP contribution is -2.49. The Morgan fingerprint density at radius 1 is 1.00 bits per heavy atom. The van der Waals surface area contributed by atoms with Crippen LogP contribution >= 0.6 is 0 Å². The van der Waals surface area contributed by atoms with Crippen LogP contribution in [0.5, 0.6) is 5.75 Å². The lowest BCUT2D eigenvalue weighted by atomic mass is 9.97. The molecule has 2 aliphatic rings. The van der Waals surface area contributed by atoms with Crippen LogP contribution in [-0.2, 0) is 0 Å². The van der Waals surface area contributed by atoms with E-state index in [1.54, 1.807) is 23.1 Å². The number of pyridine rings is 1. The highest BCUT2D eigenvalue weighted by molar-refractivity contribution is 5.95. The van der Waals surface area contributed by atoms with E-state index in [2.05, 4.69) is 4.98 Å². The van der Waals surface area contributed by atoms with Crippen molar-refractivity contribution in [2.75, 3.05) is 39.3 Å². The van der Waals surface area contributed by atoms with Gasteiger partial charge in [0, 0.05) is 18.7 Å². The predicted molar refractivity (Wildman–Crippen MR) is 120 cm³/mol. The fourth-order valence-corrected chi connectivity index (χ4v) is 4.47. The number of carbonyl (C=O) groups excluding carboxylic acids is 1. The molecule has 0 radical (unpaired) electrons. The van der Waals surface area contributed by atoms with E-state index in [0.29, 0.717) is 42.9 Å². The number of amides is 1. The van der Waals surface area contributed by atoms with Crippen molar-refractivity contribution in [3.05, 3.63) is 47.9 Å². The summed E-state index contributed by atoms with van der Waals surface area (Å²) < 4.78 is 84.0. The number of benzene rings is 1. The fourth-order valence-electron chi connectivity index (χ4n) is 4.47. The number of piperidine rings is 1. The number of ether oxygens (including phenoxy) is 1. The van der Waals surface area contributed by atoms with E-state index >= 15 is 0 Å². The molecule has 1 aromatic carbocycles. The average molecular weight is 515 g/mol. The van der Waals surface area contributed by atoms with Gasteiger partial charge in [-0.15, -0.1) is 0 Å². The van der Waals surface area contributed by atoms with Gasteiger partial charge in [-0.1, -0.05) is 6.07 Å². The van der Waals surface area contributed by atoms with Gasteiger partial charge in [0.25, 0.3) is 5.91 Å². The third-order valence-electron chi connectivity index (χ3n) is 6.65. The third-order valence-corrected chi connectivity index (χ3v) is 6.65. The first-order chi connectivity index (χ1) is 17.0. The molecule has 196 valence electrons. The highest BCUT2D eigenvalue weighted by Crippen LogP contribution is 2.36. The third kappa shape index (κ3) is 6.11. The van der Waals surface area contributed by atoms with Crippen LogP contribution in [0.1, 0.15) is 36.0 Å². The Labute approximate surface area is 205 Å². The molecular formula is C25H27F6N3O2. The van der Waals surface area contributed by atoms with Gasteiger partial charge in [-0.25, -0.2) is 4.39 Å². The van der Waals surface area contributed by atoms with E-state index in [1.165, 1.54) is 18.3 Å². The number of halogens is 6. The van der Waals surface area contributed by atoms with Crippen LogP contribution in [0.2, 0.25) is 0 Å². The van der Waals surface area contributed by atoms with Gasteiger partial charge in [-0.2, -0.15) is 22.0 Å². The van der Waals surface area contributed by atoms with Gasteiger partial charge in [0.15, 0.2) is 0 Å². The van der Waals surface area contributed by atoms with E-state index in [-0.39, 0.29) is 37.1 Å². The van der Waals surface area contributed by atoms with Crippen LogP contribution in [0, 0.1) is 11.7 Å². The summed E-state index contributed by atoms with van der Waals surface area (Å²) in [5.74, 6) is -5.16. The summed E-state index contributed by atoms with van der Waals surface area (Å²) in [7, 11) is 0. The zero-order valence-electron chi connectivity index (χ0n) is 19.5. The number of carbonyl (C=O) groups is 1. The molecule has 0 aliphatic carbocycles. The van der Waals surface area contributed by atoms with Gasteiger partial charge >= 0.3 is 12.1 Å². The molecule has 0 bridgehead atoms. The summed E-state index contributed by atoms with van der Waals surface area (Å²) >= 11 is 0. The monoisotopic (exact) mass is 515 g/mol. The molecule has 4 rings (SSSR count). The average Bonchev–Trinajstić information content (AvgIpc) is 3.38. The summed E-state index contributed by atoms with van der Waals surface area (Å²) in [6, 6.07) is 7.72. The van der Waals surface area contributed by atoms with Gasteiger partial charge < -0.3 is 9.64 Å². The molecular weight excluding hydrogens is 488 g/mol. The number of aromatic nitrogens is 1. The van der Waals surface area contributed by atoms with Crippen molar-refractivity contribution in [3.63, 3.8) is 0 Å². The maximum atomic E-state index is 14.6. The molecule has 1 amide bonds. The van der Waals surface area contributed by atoms with Gasteiger partial charge in [-0.3, -0.25) is 14.7 Å². The number of hydrogen-bond acceptors (Lipinski definition) is 4. The molecule has 11 heteroatoms. The molecule has 2 fully saturated rings. The normalized spacial score (nSPS) is 18.0. The number of rotatable bonds is 7. The smallest absolute Gasteiger partial charge is 0.454 e. The molecule has 36 heavy (non-hydrogen) atoms. The van der Waals surface area contributed by atoms with Crippen LogP contribution < -0.4 is 4.74 Å². The lowest BCUT2D eigenvalue weighted by Gasteiger charge is -2.34. The largest absolute Gasteiger partial charge is 0.492 e. The van der Waals surface area contributed by atoms with Crippen molar-refractivity contribution in [2.45, 2.75) is 37.8 Å². The first-order valence-electron chi connectivity index (χ1n) is 11.9. The Bertz CT molecular complexity index is 1050. The molecule has 0 spiro atoms. The Morgan fingerprint density at radius 2 is 1.69 bits per heavy atom. The molecule has 2 aliphatic heterocycles. The second-order valence-corrected chi connectivity index (χ2v) is 9.31. The van der Waals surface area contributed by atoms with Crippen LogP contribution in [0.15, 0.2) is 36.5 Å². The standard InChI is InChI=1S/C25H27F6N3O2/c26-21-13-18(3-5-20(21)23(35)34-9-1-2-10-34)22-6-4-19(14-32-22)36-15-17-7-11-33(12-8-17)16-24(27,28)25(29,30)31/h3-6,13-14,17H,1-2,7-12,15-16H2. The Balaban J connectivity index is 1.27. The van der Waals surface area contributed by atoms with Crippen LogP contribution in [-0.4, -0.2) is 72.1 Å². The topological polar surface area (TPSA) is 45.7 Å². The minimum atomic E-state index is -5.55. The number of alkyl halides is 5. The molecule has 0 saturated carbocycles. The second-order valence-electron chi connectivity index (χ2n) is 9.31. The minimum absolute atomic E-state index is 0.0234. The second kappa shape index (κ2) is 10.7. The highest BCUT2D eigenvalue weighted by atomic mass is 19.4. The SMILES string of the molecule is O=C(c1ccc(-c2ccc(OCC3CCN(CC(F)(F)C(F)(F)F)CC3)cn2)cc1F)N1CCCC1. The Morgan fingerprint density at radius 3 is 2.28 bits per heavy atom. The Kier molecular flexibility index (Phi) is 7.77. The van der Waals surface area contributed by atoms with E-state index in [1.807, 2.05) is 0 Å². The number of likely N-dealkylation sites (tertiary alicyclic amines) is 2. The van der Waals surface area contributed by atoms with Crippen molar-refractivity contribution >= 4 is 5.91 Å². The first-order valence-corrected chi connectivity index (χ1v) is 11.9. The molecule has 0 atom stereocenters. The van der Waals surface area contributed by atoms with E-state index in [0.717, 1.165) is 17.7 Å². The summed E-state index contributed by atoms with van der Waals surface area (Å²) in [5.41, 5.74) is 1.05. The number of nitrogens with zero attached hydrogens (tertiary/aromatic N) is 3. The quantitative estimate of drug-likeness (QED) is 0.463. The Hall–Kier alpha value is -2.82. The zero-order valence-corrected chi connectivity index (χ0v) is 19.5. The lowest BCUT2D eigenvalue weighted by molar-refractivity contribution is -0.287. The summed E-state index contributed by atoms with van der Waals surface area (Å²) in [5, 5.41) is 0. The van der Waals surface area contributed by atoms with Crippen molar-refractivity contribution in [1.82, 2.24) is 14.8 Å². The van der Waals surface area contributed by atoms with Gasteiger partial charge in [-0.05, 0) is 69.0 Å². The zero-order chi connectivity index (χ0) is 25.9. The van der Waals surface area contributed by atoms with Crippen molar-refractivity contribution in [1.29, 1.82) is 0 Å². The van der Waals surface area contributed by atoms with E-state index in [4.69, 9.17) is 4.74 Å². The van der Waals surface area contributed by atoms with Gasteiger partial charge in [0.2, 0.25) is 0 Å². The maximum Gasteiger partial charge on any atom is 0.454 e. The van der Waals surface area contributed by atoms with Gasteiger partial charge in [0.05, 0.1) is 30.6 Å². The molecule has 2 saturated heterocycles. The van der Waals surface area contributed by atoms with Crippen LogP contribution in [0.3, 0.4) is 0 Å².